The number of primary sulfonamides is 2. The lowest BCUT2D eigenvalue weighted by molar-refractivity contribution is 0.0696. The van der Waals surface area contributed by atoms with Gasteiger partial charge in [0, 0.05) is 18.7 Å². The van der Waals surface area contributed by atoms with Gasteiger partial charge in [-0.05, 0) is 61.4 Å². The van der Waals surface area contributed by atoms with Crippen LogP contribution in [-0.2, 0) is 20.0 Å². The zero-order valence-corrected chi connectivity index (χ0v) is 28.6. The lowest BCUT2D eigenvalue weighted by Gasteiger charge is -2.27. The summed E-state index contributed by atoms with van der Waals surface area (Å²) in [7, 11) is -9.10. The number of carboxylic acids is 1. The van der Waals surface area contributed by atoms with Crippen LogP contribution in [0.2, 0.25) is 0 Å². The van der Waals surface area contributed by atoms with Crippen LogP contribution in [0.3, 0.4) is 0 Å². The van der Waals surface area contributed by atoms with Crippen molar-refractivity contribution in [2.24, 2.45) is 10.3 Å². The van der Waals surface area contributed by atoms with Crippen LogP contribution in [0.25, 0.3) is 0 Å². The molecule has 6 N–H and O–H groups in total. The highest BCUT2D eigenvalue weighted by Crippen LogP contribution is 2.42. The van der Waals surface area contributed by atoms with Crippen molar-refractivity contribution in [3.05, 3.63) is 96.1 Å². The van der Waals surface area contributed by atoms with E-state index in [2.05, 4.69) is 5.32 Å². The van der Waals surface area contributed by atoms with Gasteiger partial charge in [0.1, 0.15) is 21.3 Å². The molecule has 0 atom stereocenters. The molecule has 0 saturated carbocycles. The highest BCUT2D eigenvalue weighted by molar-refractivity contribution is 7.89. The van der Waals surface area contributed by atoms with Gasteiger partial charge >= 0.3 is 5.97 Å². The molecule has 0 spiro atoms. The van der Waals surface area contributed by atoms with Gasteiger partial charge in [-0.15, -0.1) is 0 Å². The summed E-state index contributed by atoms with van der Waals surface area (Å²) in [5.74, 6) is -2.30. The topological polar surface area (TPSA) is 208 Å². The molecular formula is C34H38N4O9S2. The van der Waals surface area contributed by atoms with Gasteiger partial charge in [0.2, 0.25) is 20.0 Å². The number of aromatic carboxylic acids is 1. The van der Waals surface area contributed by atoms with Crippen molar-refractivity contribution in [1.82, 2.24) is 0 Å². The van der Waals surface area contributed by atoms with Crippen molar-refractivity contribution in [2.75, 3.05) is 23.3 Å². The molecule has 0 unspecified atom stereocenters. The summed E-state index contributed by atoms with van der Waals surface area (Å²) in [6.45, 7) is 4.19. The maximum Gasteiger partial charge on any atom is 0.335 e. The summed E-state index contributed by atoms with van der Waals surface area (Å²) in [5, 5.41) is 24.3. The number of carboxylic acid groups (broad SMARTS) is 1. The molecule has 0 heterocycles. The summed E-state index contributed by atoms with van der Waals surface area (Å²) >= 11 is 0. The number of amides is 1. The molecule has 0 bridgehead atoms. The molecule has 0 aliphatic carbocycles. The molecule has 0 aliphatic heterocycles. The normalized spacial score (nSPS) is 11.5. The van der Waals surface area contributed by atoms with E-state index in [0.717, 1.165) is 29.5 Å². The van der Waals surface area contributed by atoms with Gasteiger partial charge in [-0.25, -0.2) is 31.9 Å². The van der Waals surface area contributed by atoms with Crippen molar-refractivity contribution in [3.63, 3.8) is 0 Å². The highest BCUT2D eigenvalue weighted by Gasteiger charge is 2.31. The minimum absolute atomic E-state index is 0.0425. The van der Waals surface area contributed by atoms with E-state index in [1.165, 1.54) is 18.2 Å². The van der Waals surface area contributed by atoms with E-state index in [1.807, 2.05) is 13.8 Å². The monoisotopic (exact) mass is 710 g/mol. The number of rotatable bonds is 16. The fourth-order valence-corrected chi connectivity index (χ4v) is 6.21. The molecular weight excluding hydrogens is 673 g/mol. The number of carbonyl (C=O) groups excluding carboxylic acids is 1. The third kappa shape index (κ3) is 9.35. The number of unbranched alkanes of at least 4 members (excludes halogenated alkanes) is 2. The van der Waals surface area contributed by atoms with Crippen LogP contribution in [0.5, 0.6) is 23.0 Å². The first kappa shape index (κ1) is 36.9. The maximum atomic E-state index is 14.6. The number of hydrogen-bond acceptors (Lipinski definition) is 9. The van der Waals surface area contributed by atoms with E-state index in [1.54, 1.807) is 48.5 Å². The summed E-state index contributed by atoms with van der Waals surface area (Å²) < 4.78 is 63.8. The van der Waals surface area contributed by atoms with Gasteiger partial charge in [0.15, 0.2) is 11.5 Å². The molecule has 1 amide bonds. The van der Waals surface area contributed by atoms with E-state index in [-0.39, 0.29) is 40.7 Å². The number of carbonyl (C=O) groups is 2. The number of anilines is 2. The number of hydrogen-bond donors (Lipinski definition) is 4. The average molecular weight is 711 g/mol. The molecule has 0 fully saturated rings. The van der Waals surface area contributed by atoms with Crippen LogP contribution in [0.1, 0.15) is 60.2 Å². The number of sulfonamides is 2. The summed E-state index contributed by atoms with van der Waals surface area (Å²) in [6, 6.07) is 20.9. The minimum atomic E-state index is -4.61. The Bertz CT molecular complexity index is 2020. The van der Waals surface area contributed by atoms with Crippen LogP contribution in [0.15, 0.2) is 94.7 Å². The number of ether oxygens (including phenoxy) is 2. The molecule has 0 radical (unpaired) electrons. The minimum Gasteiger partial charge on any atom is -0.478 e. The second-order valence-corrected chi connectivity index (χ2v) is 14.0. The Morgan fingerprint density at radius 2 is 1.24 bits per heavy atom. The largest absolute Gasteiger partial charge is 0.478 e. The predicted octanol–water partition coefficient (Wildman–Crippen LogP) is 5.92. The van der Waals surface area contributed by atoms with Crippen molar-refractivity contribution >= 4 is 43.3 Å². The van der Waals surface area contributed by atoms with Gasteiger partial charge in [-0.2, -0.15) is 0 Å². The van der Waals surface area contributed by atoms with Gasteiger partial charge in [-0.1, -0.05) is 63.1 Å². The van der Waals surface area contributed by atoms with Crippen LogP contribution in [0.4, 0.5) is 11.4 Å². The Balaban J connectivity index is 2.00. The van der Waals surface area contributed by atoms with Gasteiger partial charge in [0.05, 0.1) is 16.9 Å². The van der Waals surface area contributed by atoms with E-state index in [4.69, 9.17) is 19.8 Å². The van der Waals surface area contributed by atoms with Crippen LogP contribution in [0, 0.1) is 0 Å². The molecule has 0 saturated heterocycles. The first-order chi connectivity index (χ1) is 23.2. The molecule has 15 heteroatoms. The molecule has 13 nitrogen and oxygen atoms in total. The lowest BCUT2D eigenvalue weighted by Crippen LogP contribution is -2.33. The Kier molecular flexibility index (Phi) is 12.0. The summed E-state index contributed by atoms with van der Waals surface area (Å²) in [4.78, 5) is 26.8. The van der Waals surface area contributed by atoms with Gasteiger partial charge in [-0.3, -0.25) is 4.79 Å². The number of nitrogens with two attached hydrogens (primary N) is 2. The quantitative estimate of drug-likeness (QED) is 0.101. The van der Waals surface area contributed by atoms with Crippen LogP contribution < -0.4 is 30.0 Å². The Morgan fingerprint density at radius 1 is 0.735 bits per heavy atom. The first-order valence-corrected chi connectivity index (χ1v) is 18.5. The lowest BCUT2D eigenvalue weighted by atomic mass is 10.1. The number of para-hydroxylation sites is 2. The van der Waals surface area contributed by atoms with Crippen molar-refractivity contribution in [1.29, 1.82) is 0 Å². The summed E-state index contributed by atoms with van der Waals surface area (Å²) in [6.07, 6.45) is 2.48. The van der Waals surface area contributed by atoms with Gasteiger partial charge < -0.3 is 24.8 Å². The van der Waals surface area contributed by atoms with Crippen molar-refractivity contribution < 1.29 is 41.0 Å². The molecule has 4 aromatic rings. The van der Waals surface area contributed by atoms with Crippen LogP contribution in [-0.4, -0.2) is 46.9 Å². The molecule has 0 aliphatic rings. The van der Waals surface area contributed by atoms with E-state index in [0.29, 0.717) is 31.6 Å². The van der Waals surface area contributed by atoms with E-state index in [9.17, 15) is 31.5 Å². The third-order valence-corrected chi connectivity index (χ3v) is 9.07. The molecule has 0 aromatic heterocycles. The number of nitrogens with one attached hydrogen (secondary N) is 1. The number of nitrogens with zero attached hydrogens (tertiary/aromatic N) is 1. The summed E-state index contributed by atoms with van der Waals surface area (Å²) in [5.41, 5.74) is -0.697. The SMILES string of the molecule is CCCCNc1cc(C(=O)N(CCCC)c2cc(C(=O)O)cc(S(N)(=O)=O)c2Oc2ccccc2)cc(S(N)(=O)=O)c1Oc1ccccc1. The van der Waals surface area contributed by atoms with E-state index >= 15 is 0 Å². The fourth-order valence-electron chi connectivity index (χ4n) is 4.82. The Hall–Kier alpha value is -4.96. The van der Waals surface area contributed by atoms with Crippen molar-refractivity contribution in [3.8, 4) is 23.0 Å². The molecule has 4 aromatic carbocycles. The average Bonchev–Trinajstić information content (AvgIpc) is 3.05. The zero-order chi connectivity index (χ0) is 35.8. The van der Waals surface area contributed by atoms with Crippen LogP contribution >= 0.6 is 0 Å². The Labute approximate surface area is 285 Å². The second kappa shape index (κ2) is 16.0. The second-order valence-electron chi connectivity index (χ2n) is 11.0. The number of benzene rings is 4. The molecule has 4 rings (SSSR count). The standard InChI is InChI=1S/C34H38N4O9S2/c1-3-5-17-37-27-19-23(21-29(48(35,42)43)31(27)46-25-13-9-7-10-14-25)33(39)38(18-6-4-2)28-20-24(34(40)41)22-30(49(36,44)45)32(28)47-26-15-11-8-12-16-26/h7-16,19-22,37H,3-6,17-18H2,1-2H3,(H,40,41)(H2,35,42,43)(H2,36,44,45). The smallest absolute Gasteiger partial charge is 0.335 e. The highest BCUT2D eigenvalue weighted by atomic mass is 32.2. The zero-order valence-electron chi connectivity index (χ0n) is 27.0. The maximum absolute atomic E-state index is 14.6. The Morgan fingerprint density at radius 3 is 1.76 bits per heavy atom. The van der Waals surface area contributed by atoms with Crippen molar-refractivity contribution in [2.45, 2.75) is 49.3 Å². The molecule has 260 valence electrons. The molecule has 49 heavy (non-hydrogen) atoms. The third-order valence-electron chi connectivity index (χ3n) is 7.24. The first-order valence-electron chi connectivity index (χ1n) is 15.4. The fraction of sp³-hybridized carbons (Fsp3) is 0.235. The van der Waals surface area contributed by atoms with E-state index < -0.39 is 47.3 Å². The van der Waals surface area contributed by atoms with Gasteiger partial charge in [0.25, 0.3) is 5.91 Å². The predicted molar refractivity (Wildman–Crippen MR) is 186 cm³/mol.